The first kappa shape index (κ1) is 17.7. The standard InChI is InChI=1S/C22H21NO3/c1-4-13-25-19-11-5-16(6-12-19)14-20-22(24)26-21(23-20)18-9-7-17(8-10-18)15(2)3/h4-12,14-15H,1,13H2,2-3H3/b20-14-. The molecular formula is C22H21NO3. The quantitative estimate of drug-likeness (QED) is 0.431. The number of cyclic esters (lactones) is 1. The predicted octanol–water partition coefficient (Wildman–Crippen LogP) is 4.72. The van der Waals surface area contributed by atoms with Crippen LogP contribution in [0.2, 0.25) is 0 Å². The van der Waals surface area contributed by atoms with Crippen LogP contribution in [0.25, 0.3) is 6.08 Å². The maximum absolute atomic E-state index is 12.1. The number of carbonyl (C=O) groups excluding carboxylic acids is 1. The largest absolute Gasteiger partial charge is 0.490 e. The van der Waals surface area contributed by atoms with Crippen molar-refractivity contribution in [3.63, 3.8) is 0 Å². The molecule has 3 rings (SSSR count). The molecule has 1 aliphatic heterocycles. The monoisotopic (exact) mass is 347 g/mol. The van der Waals surface area contributed by atoms with E-state index in [0.717, 1.165) is 16.9 Å². The minimum absolute atomic E-state index is 0.285. The molecule has 0 unspecified atom stereocenters. The summed E-state index contributed by atoms with van der Waals surface area (Å²) >= 11 is 0. The summed E-state index contributed by atoms with van der Waals surface area (Å²) < 4.78 is 10.8. The van der Waals surface area contributed by atoms with E-state index in [1.165, 1.54) is 5.56 Å². The van der Waals surface area contributed by atoms with Crippen LogP contribution in [0.3, 0.4) is 0 Å². The Kier molecular flexibility index (Phi) is 5.32. The Morgan fingerprint density at radius 1 is 1.12 bits per heavy atom. The minimum Gasteiger partial charge on any atom is -0.490 e. The zero-order valence-corrected chi connectivity index (χ0v) is 14.9. The summed E-state index contributed by atoms with van der Waals surface area (Å²) in [6.07, 6.45) is 3.39. The fourth-order valence-corrected chi connectivity index (χ4v) is 2.52. The zero-order valence-electron chi connectivity index (χ0n) is 14.9. The van der Waals surface area contributed by atoms with Gasteiger partial charge in [0, 0.05) is 5.56 Å². The average Bonchev–Trinajstić information content (AvgIpc) is 3.02. The van der Waals surface area contributed by atoms with Crippen molar-refractivity contribution < 1.29 is 14.3 Å². The first-order valence-corrected chi connectivity index (χ1v) is 8.53. The van der Waals surface area contributed by atoms with Gasteiger partial charge in [-0.2, -0.15) is 0 Å². The molecule has 0 saturated heterocycles. The molecule has 0 fully saturated rings. The molecule has 1 heterocycles. The molecule has 1 aliphatic rings. The second-order valence-corrected chi connectivity index (χ2v) is 6.28. The number of benzene rings is 2. The summed E-state index contributed by atoms with van der Waals surface area (Å²) in [5.41, 5.74) is 3.16. The molecule has 0 saturated carbocycles. The number of rotatable bonds is 6. The Morgan fingerprint density at radius 3 is 2.42 bits per heavy atom. The molecule has 0 bridgehead atoms. The molecule has 26 heavy (non-hydrogen) atoms. The fourth-order valence-electron chi connectivity index (χ4n) is 2.52. The highest BCUT2D eigenvalue weighted by molar-refractivity contribution is 6.12. The van der Waals surface area contributed by atoms with Crippen molar-refractivity contribution in [3.8, 4) is 5.75 Å². The highest BCUT2D eigenvalue weighted by Gasteiger charge is 2.24. The summed E-state index contributed by atoms with van der Waals surface area (Å²) in [5, 5.41) is 0. The van der Waals surface area contributed by atoms with Gasteiger partial charge in [-0.05, 0) is 47.4 Å². The number of nitrogens with zero attached hydrogens (tertiary/aromatic N) is 1. The lowest BCUT2D eigenvalue weighted by Crippen LogP contribution is -2.05. The third kappa shape index (κ3) is 4.09. The van der Waals surface area contributed by atoms with Gasteiger partial charge >= 0.3 is 5.97 Å². The van der Waals surface area contributed by atoms with Crippen molar-refractivity contribution >= 4 is 17.9 Å². The van der Waals surface area contributed by atoms with E-state index in [4.69, 9.17) is 9.47 Å². The number of aliphatic imine (C=N–C) groups is 1. The smallest absolute Gasteiger partial charge is 0.363 e. The number of carbonyl (C=O) groups is 1. The lowest BCUT2D eigenvalue weighted by Gasteiger charge is -2.05. The normalized spacial score (nSPS) is 15.1. The van der Waals surface area contributed by atoms with E-state index in [0.29, 0.717) is 18.4 Å². The van der Waals surface area contributed by atoms with Gasteiger partial charge in [-0.1, -0.05) is 50.8 Å². The molecule has 0 radical (unpaired) electrons. The Bertz CT molecular complexity index is 859. The van der Waals surface area contributed by atoms with Crippen LogP contribution in [-0.4, -0.2) is 18.5 Å². The Balaban J connectivity index is 1.78. The first-order valence-electron chi connectivity index (χ1n) is 8.53. The molecular weight excluding hydrogens is 326 g/mol. The molecule has 2 aromatic rings. The topological polar surface area (TPSA) is 47.9 Å². The van der Waals surface area contributed by atoms with Crippen molar-refractivity contribution in [2.75, 3.05) is 6.61 Å². The van der Waals surface area contributed by atoms with Crippen LogP contribution in [0.4, 0.5) is 0 Å². The number of hydrogen-bond acceptors (Lipinski definition) is 4. The molecule has 0 atom stereocenters. The van der Waals surface area contributed by atoms with Gasteiger partial charge in [-0.25, -0.2) is 9.79 Å². The Morgan fingerprint density at radius 2 is 1.81 bits per heavy atom. The first-order chi connectivity index (χ1) is 12.6. The van der Waals surface area contributed by atoms with Crippen molar-refractivity contribution in [3.05, 3.63) is 83.6 Å². The van der Waals surface area contributed by atoms with Crippen molar-refractivity contribution in [1.82, 2.24) is 0 Å². The summed E-state index contributed by atoms with van der Waals surface area (Å²) in [6, 6.07) is 15.3. The van der Waals surface area contributed by atoms with Crippen molar-refractivity contribution in [1.29, 1.82) is 0 Å². The van der Waals surface area contributed by atoms with E-state index in [-0.39, 0.29) is 5.70 Å². The number of ether oxygens (including phenoxy) is 2. The molecule has 132 valence electrons. The molecule has 0 N–H and O–H groups in total. The molecule has 4 nitrogen and oxygen atoms in total. The maximum atomic E-state index is 12.1. The SMILES string of the molecule is C=CCOc1ccc(/C=C2\N=C(c3ccc(C(C)C)cc3)OC2=O)cc1. The summed E-state index contributed by atoms with van der Waals surface area (Å²) in [5.74, 6) is 1.09. The van der Waals surface area contributed by atoms with Crippen molar-refractivity contribution in [2.45, 2.75) is 19.8 Å². The van der Waals surface area contributed by atoms with Gasteiger partial charge < -0.3 is 9.47 Å². The Hall–Kier alpha value is -3.14. The van der Waals surface area contributed by atoms with E-state index in [1.54, 1.807) is 12.2 Å². The third-order valence-electron chi connectivity index (χ3n) is 4.00. The van der Waals surface area contributed by atoms with Crippen LogP contribution in [0.15, 0.2) is 71.9 Å². The lowest BCUT2D eigenvalue weighted by atomic mass is 10.0. The lowest BCUT2D eigenvalue weighted by molar-refractivity contribution is -0.129. The Labute approximate surface area is 153 Å². The zero-order chi connectivity index (χ0) is 18.5. The van der Waals surface area contributed by atoms with Crippen molar-refractivity contribution in [2.24, 2.45) is 4.99 Å². The van der Waals surface area contributed by atoms with Gasteiger partial charge in [0.05, 0.1) is 0 Å². The van der Waals surface area contributed by atoms with E-state index in [1.807, 2.05) is 48.5 Å². The van der Waals surface area contributed by atoms with Gasteiger partial charge in [-0.3, -0.25) is 0 Å². The van der Waals surface area contributed by atoms with E-state index >= 15 is 0 Å². The van der Waals surface area contributed by atoms with Gasteiger partial charge in [0.1, 0.15) is 12.4 Å². The van der Waals surface area contributed by atoms with Crippen LogP contribution in [-0.2, 0) is 9.53 Å². The van der Waals surface area contributed by atoms with Gasteiger partial charge in [0.15, 0.2) is 5.70 Å². The van der Waals surface area contributed by atoms with Gasteiger partial charge in [-0.15, -0.1) is 0 Å². The summed E-state index contributed by atoms with van der Waals surface area (Å²) in [6.45, 7) is 8.34. The molecule has 0 amide bonds. The maximum Gasteiger partial charge on any atom is 0.363 e. The van der Waals surface area contributed by atoms with Gasteiger partial charge in [0.25, 0.3) is 0 Å². The second kappa shape index (κ2) is 7.83. The van der Waals surface area contributed by atoms with E-state index < -0.39 is 5.97 Å². The van der Waals surface area contributed by atoms with Gasteiger partial charge in [0.2, 0.25) is 5.90 Å². The van der Waals surface area contributed by atoms with Crippen LogP contribution in [0.1, 0.15) is 36.5 Å². The van der Waals surface area contributed by atoms with E-state index in [9.17, 15) is 4.79 Å². The van der Waals surface area contributed by atoms with Crippen LogP contribution < -0.4 is 4.74 Å². The fraction of sp³-hybridized carbons (Fsp3) is 0.182. The molecule has 4 heteroatoms. The molecule has 0 aromatic heterocycles. The van der Waals surface area contributed by atoms with E-state index in [2.05, 4.69) is 25.4 Å². The minimum atomic E-state index is -0.445. The third-order valence-corrected chi connectivity index (χ3v) is 4.00. The summed E-state index contributed by atoms with van der Waals surface area (Å²) in [4.78, 5) is 16.4. The van der Waals surface area contributed by atoms with Crippen LogP contribution in [0, 0.1) is 0 Å². The summed E-state index contributed by atoms with van der Waals surface area (Å²) in [7, 11) is 0. The van der Waals surface area contributed by atoms with Crippen LogP contribution >= 0.6 is 0 Å². The number of esters is 1. The number of hydrogen-bond donors (Lipinski definition) is 0. The second-order valence-electron chi connectivity index (χ2n) is 6.28. The van der Waals surface area contributed by atoms with Crippen LogP contribution in [0.5, 0.6) is 5.75 Å². The molecule has 2 aromatic carbocycles. The average molecular weight is 347 g/mol. The predicted molar refractivity (Wildman–Crippen MR) is 103 cm³/mol. The molecule has 0 spiro atoms. The highest BCUT2D eigenvalue weighted by atomic mass is 16.6. The molecule has 0 aliphatic carbocycles. The highest BCUT2D eigenvalue weighted by Crippen LogP contribution is 2.22.